The summed E-state index contributed by atoms with van der Waals surface area (Å²) in [7, 11) is 0. The number of pyridine rings is 2. The van der Waals surface area contributed by atoms with E-state index in [1.165, 1.54) is 0 Å². The van der Waals surface area contributed by atoms with Gasteiger partial charge in [0, 0.05) is 23.3 Å². The Kier molecular flexibility index (Phi) is 2.88. The maximum atomic E-state index is 12.1. The standard InChI is InChI=1S/C16H14N2O/c1-12-5-4-10-18(16(12)19)11-13-8-9-17-15-7-3-2-6-14(13)15/h2-10H,11H2,1H3. The summed E-state index contributed by atoms with van der Waals surface area (Å²) in [5.41, 5.74) is 2.89. The van der Waals surface area contributed by atoms with Gasteiger partial charge in [-0.05, 0) is 30.7 Å². The fourth-order valence-corrected chi connectivity index (χ4v) is 2.26. The molecule has 0 unspecified atom stereocenters. The normalized spacial score (nSPS) is 10.8. The molecule has 0 saturated heterocycles. The van der Waals surface area contributed by atoms with Crippen LogP contribution in [-0.4, -0.2) is 9.55 Å². The molecule has 94 valence electrons. The second-order valence-electron chi connectivity index (χ2n) is 4.61. The highest BCUT2D eigenvalue weighted by atomic mass is 16.1. The van der Waals surface area contributed by atoms with Gasteiger partial charge in [-0.1, -0.05) is 24.3 Å². The van der Waals surface area contributed by atoms with E-state index in [1.54, 1.807) is 10.8 Å². The van der Waals surface area contributed by atoms with Crippen molar-refractivity contribution >= 4 is 10.9 Å². The number of benzene rings is 1. The molecule has 2 aromatic heterocycles. The third-order valence-electron chi connectivity index (χ3n) is 3.29. The van der Waals surface area contributed by atoms with E-state index in [-0.39, 0.29) is 5.56 Å². The average molecular weight is 250 g/mol. The molecule has 0 spiro atoms. The first-order chi connectivity index (χ1) is 9.25. The van der Waals surface area contributed by atoms with Crippen LogP contribution in [-0.2, 0) is 6.54 Å². The van der Waals surface area contributed by atoms with Gasteiger partial charge >= 0.3 is 0 Å². The molecular weight excluding hydrogens is 236 g/mol. The molecule has 3 rings (SSSR count). The van der Waals surface area contributed by atoms with Crippen LogP contribution in [0, 0.1) is 6.92 Å². The summed E-state index contributed by atoms with van der Waals surface area (Å²) in [6.07, 6.45) is 3.61. The molecule has 0 aliphatic carbocycles. The quantitative estimate of drug-likeness (QED) is 0.701. The minimum absolute atomic E-state index is 0.0587. The molecule has 0 aliphatic heterocycles. The molecule has 19 heavy (non-hydrogen) atoms. The Labute approximate surface area is 111 Å². The number of fused-ring (bicyclic) bond motifs is 1. The fraction of sp³-hybridized carbons (Fsp3) is 0.125. The van der Waals surface area contributed by atoms with Crippen LogP contribution in [0.1, 0.15) is 11.1 Å². The zero-order valence-corrected chi connectivity index (χ0v) is 10.7. The molecule has 0 radical (unpaired) electrons. The number of hydrogen-bond acceptors (Lipinski definition) is 2. The second-order valence-corrected chi connectivity index (χ2v) is 4.61. The molecule has 3 heteroatoms. The highest BCUT2D eigenvalue weighted by molar-refractivity contribution is 5.81. The number of hydrogen-bond donors (Lipinski definition) is 0. The van der Waals surface area contributed by atoms with Gasteiger partial charge in [0.1, 0.15) is 0 Å². The smallest absolute Gasteiger partial charge is 0.253 e. The Bertz CT molecular complexity index is 785. The van der Waals surface area contributed by atoms with Gasteiger partial charge in [-0.25, -0.2) is 0 Å². The zero-order chi connectivity index (χ0) is 13.2. The Morgan fingerprint density at radius 1 is 1.11 bits per heavy atom. The number of aromatic nitrogens is 2. The van der Waals surface area contributed by atoms with E-state index in [0.717, 1.165) is 22.0 Å². The lowest BCUT2D eigenvalue weighted by atomic mass is 10.1. The van der Waals surface area contributed by atoms with Crippen LogP contribution in [0.2, 0.25) is 0 Å². The molecular formula is C16H14N2O. The van der Waals surface area contributed by atoms with Gasteiger partial charge in [0.2, 0.25) is 0 Å². The van der Waals surface area contributed by atoms with Crippen LogP contribution in [0.3, 0.4) is 0 Å². The van der Waals surface area contributed by atoms with Crippen LogP contribution in [0.15, 0.2) is 59.7 Å². The van der Waals surface area contributed by atoms with E-state index >= 15 is 0 Å². The lowest BCUT2D eigenvalue weighted by molar-refractivity contribution is 0.756. The van der Waals surface area contributed by atoms with Crippen LogP contribution in [0.5, 0.6) is 0 Å². The van der Waals surface area contributed by atoms with Crippen molar-refractivity contribution in [3.8, 4) is 0 Å². The van der Waals surface area contributed by atoms with Gasteiger partial charge in [-0.3, -0.25) is 9.78 Å². The van der Waals surface area contributed by atoms with E-state index in [1.807, 2.05) is 55.6 Å². The van der Waals surface area contributed by atoms with Crippen LogP contribution in [0.25, 0.3) is 10.9 Å². The van der Waals surface area contributed by atoms with Gasteiger partial charge < -0.3 is 4.57 Å². The Morgan fingerprint density at radius 3 is 2.84 bits per heavy atom. The minimum Gasteiger partial charge on any atom is -0.311 e. The molecule has 0 N–H and O–H groups in total. The number of nitrogens with zero attached hydrogens (tertiary/aromatic N) is 2. The zero-order valence-electron chi connectivity index (χ0n) is 10.7. The van der Waals surface area contributed by atoms with Crippen LogP contribution < -0.4 is 5.56 Å². The van der Waals surface area contributed by atoms with Gasteiger partial charge in [0.05, 0.1) is 12.1 Å². The van der Waals surface area contributed by atoms with E-state index in [4.69, 9.17) is 0 Å². The van der Waals surface area contributed by atoms with Gasteiger partial charge in [0.25, 0.3) is 5.56 Å². The Balaban J connectivity index is 2.11. The third-order valence-corrected chi connectivity index (χ3v) is 3.29. The maximum absolute atomic E-state index is 12.1. The maximum Gasteiger partial charge on any atom is 0.253 e. The first kappa shape index (κ1) is 11.7. The molecule has 0 atom stereocenters. The van der Waals surface area contributed by atoms with E-state index in [0.29, 0.717) is 6.54 Å². The topological polar surface area (TPSA) is 34.9 Å². The highest BCUT2D eigenvalue weighted by Crippen LogP contribution is 2.16. The largest absolute Gasteiger partial charge is 0.311 e. The summed E-state index contributed by atoms with van der Waals surface area (Å²) >= 11 is 0. The third kappa shape index (κ3) is 2.15. The predicted octanol–water partition coefficient (Wildman–Crippen LogP) is 2.75. The molecule has 0 bridgehead atoms. The predicted molar refractivity (Wildman–Crippen MR) is 76.3 cm³/mol. The summed E-state index contributed by atoms with van der Waals surface area (Å²) in [5, 5.41) is 1.10. The monoisotopic (exact) mass is 250 g/mol. The summed E-state index contributed by atoms with van der Waals surface area (Å²) in [6.45, 7) is 2.41. The molecule has 3 aromatic rings. The molecule has 0 saturated carbocycles. The van der Waals surface area contributed by atoms with Crippen molar-refractivity contribution in [1.29, 1.82) is 0 Å². The van der Waals surface area contributed by atoms with Gasteiger partial charge in [-0.15, -0.1) is 0 Å². The van der Waals surface area contributed by atoms with Crippen molar-refractivity contribution in [3.63, 3.8) is 0 Å². The molecule has 0 amide bonds. The van der Waals surface area contributed by atoms with Crippen LogP contribution >= 0.6 is 0 Å². The Morgan fingerprint density at radius 2 is 1.95 bits per heavy atom. The summed E-state index contributed by atoms with van der Waals surface area (Å²) in [4.78, 5) is 16.4. The highest BCUT2D eigenvalue weighted by Gasteiger charge is 2.04. The van der Waals surface area contributed by atoms with E-state index < -0.39 is 0 Å². The van der Waals surface area contributed by atoms with Crippen molar-refractivity contribution in [1.82, 2.24) is 9.55 Å². The lowest BCUT2D eigenvalue weighted by Gasteiger charge is -2.09. The van der Waals surface area contributed by atoms with E-state index in [9.17, 15) is 4.79 Å². The molecule has 0 aliphatic rings. The second kappa shape index (κ2) is 4.69. The minimum atomic E-state index is 0.0587. The van der Waals surface area contributed by atoms with Crippen LogP contribution in [0.4, 0.5) is 0 Å². The number of rotatable bonds is 2. The summed E-state index contributed by atoms with van der Waals surface area (Å²) in [6, 6.07) is 13.7. The number of aryl methyl sites for hydroxylation is 1. The van der Waals surface area contributed by atoms with Crippen molar-refractivity contribution in [2.75, 3.05) is 0 Å². The van der Waals surface area contributed by atoms with Crippen molar-refractivity contribution in [2.45, 2.75) is 13.5 Å². The van der Waals surface area contributed by atoms with Crippen molar-refractivity contribution in [3.05, 3.63) is 76.3 Å². The molecule has 1 aromatic carbocycles. The average Bonchev–Trinajstić information content (AvgIpc) is 2.44. The Hall–Kier alpha value is -2.42. The van der Waals surface area contributed by atoms with Crippen molar-refractivity contribution in [2.24, 2.45) is 0 Å². The molecule has 0 fully saturated rings. The van der Waals surface area contributed by atoms with Crippen molar-refractivity contribution < 1.29 is 0 Å². The first-order valence-corrected chi connectivity index (χ1v) is 6.24. The molecule has 3 nitrogen and oxygen atoms in total. The lowest BCUT2D eigenvalue weighted by Crippen LogP contribution is -2.21. The first-order valence-electron chi connectivity index (χ1n) is 6.24. The SMILES string of the molecule is Cc1cccn(Cc2ccnc3ccccc23)c1=O. The van der Waals surface area contributed by atoms with Gasteiger partial charge in [-0.2, -0.15) is 0 Å². The number of para-hydroxylation sites is 1. The molecule has 2 heterocycles. The van der Waals surface area contributed by atoms with Gasteiger partial charge in [0.15, 0.2) is 0 Å². The summed E-state index contributed by atoms with van der Waals surface area (Å²) < 4.78 is 1.73. The fourth-order valence-electron chi connectivity index (χ4n) is 2.26. The summed E-state index contributed by atoms with van der Waals surface area (Å²) in [5.74, 6) is 0. The van der Waals surface area contributed by atoms with E-state index in [2.05, 4.69) is 4.98 Å².